The molecular weight excluding hydrogens is 276 g/mol. The highest BCUT2D eigenvalue weighted by Gasteiger charge is 2.05. The Hall–Kier alpha value is -0.820. The number of hydrogen-bond acceptors (Lipinski definition) is 3. The van der Waals surface area contributed by atoms with Crippen molar-refractivity contribution in [3.63, 3.8) is 0 Å². The Morgan fingerprint density at radius 2 is 1.90 bits per heavy atom. The van der Waals surface area contributed by atoms with Crippen LogP contribution in [-0.2, 0) is 10.0 Å². The molecule has 120 valence electrons. The molecule has 0 saturated carbocycles. The normalized spacial score (nSPS) is 14.6. The van der Waals surface area contributed by atoms with E-state index in [1.165, 1.54) is 6.42 Å². The first-order valence-corrected chi connectivity index (χ1v) is 8.95. The van der Waals surface area contributed by atoms with Crippen molar-refractivity contribution in [1.29, 1.82) is 0 Å². The Balaban J connectivity index is 3.84. The molecule has 0 aromatic carbocycles. The van der Waals surface area contributed by atoms with Gasteiger partial charge in [-0.2, -0.15) is 0 Å². The third-order valence-electron chi connectivity index (χ3n) is 2.91. The van der Waals surface area contributed by atoms with Gasteiger partial charge in [-0.1, -0.05) is 26.7 Å². The van der Waals surface area contributed by atoms with Gasteiger partial charge in [-0.3, -0.25) is 4.99 Å². The van der Waals surface area contributed by atoms with Crippen LogP contribution in [-0.4, -0.2) is 39.3 Å². The fraction of sp³-hybridized carbons (Fsp3) is 0.923. The number of nitrogens with two attached hydrogens (primary N) is 1. The zero-order valence-corrected chi connectivity index (χ0v) is 14.0. The van der Waals surface area contributed by atoms with Crippen LogP contribution in [0.2, 0.25) is 0 Å². The molecule has 0 aliphatic carbocycles. The Morgan fingerprint density at radius 3 is 2.45 bits per heavy atom. The van der Waals surface area contributed by atoms with E-state index >= 15 is 0 Å². The summed E-state index contributed by atoms with van der Waals surface area (Å²) in [6.45, 7) is 8.72. The van der Waals surface area contributed by atoms with E-state index in [0.717, 1.165) is 18.8 Å². The summed E-state index contributed by atoms with van der Waals surface area (Å²) >= 11 is 0. The molecule has 20 heavy (non-hydrogen) atoms. The van der Waals surface area contributed by atoms with E-state index in [1.54, 1.807) is 6.92 Å². The van der Waals surface area contributed by atoms with Gasteiger partial charge in [0.15, 0.2) is 5.96 Å². The second-order valence-electron chi connectivity index (χ2n) is 5.43. The van der Waals surface area contributed by atoms with E-state index in [-0.39, 0.29) is 18.3 Å². The van der Waals surface area contributed by atoms with Crippen molar-refractivity contribution < 1.29 is 8.42 Å². The van der Waals surface area contributed by atoms with Crippen LogP contribution >= 0.6 is 0 Å². The molecule has 0 saturated heterocycles. The van der Waals surface area contributed by atoms with Crippen LogP contribution in [0.1, 0.15) is 47.0 Å². The molecule has 1 unspecified atom stereocenters. The second kappa shape index (κ2) is 9.99. The average molecular weight is 306 g/mol. The summed E-state index contributed by atoms with van der Waals surface area (Å²) in [5.74, 6) is 1.18. The predicted molar refractivity (Wildman–Crippen MR) is 85.2 cm³/mol. The summed E-state index contributed by atoms with van der Waals surface area (Å²) in [4.78, 5) is 4.10. The van der Waals surface area contributed by atoms with Gasteiger partial charge in [-0.05, 0) is 26.2 Å². The highest BCUT2D eigenvalue weighted by molar-refractivity contribution is 7.89. The maximum Gasteiger partial charge on any atom is 0.211 e. The van der Waals surface area contributed by atoms with Gasteiger partial charge in [0.2, 0.25) is 10.0 Å². The number of sulfonamides is 1. The van der Waals surface area contributed by atoms with Gasteiger partial charge in [0, 0.05) is 12.6 Å². The highest BCUT2D eigenvalue weighted by atomic mass is 32.2. The zero-order chi connectivity index (χ0) is 15.6. The highest BCUT2D eigenvalue weighted by Crippen LogP contribution is 2.07. The van der Waals surface area contributed by atoms with E-state index < -0.39 is 10.0 Å². The fourth-order valence-corrected chi connectivity index (χ4v) is 2.29. The molecule has 1 atom stereocenters. The SMILES string of the molecule is CCS(=O)(=O)NCCN=C(N)NC(C)CCCC(C)C. The molecule has 0 rings (SSSR count). The fourth-order valence-electron chi connectivity index (χ4n) is 1.68. The topological polar surface area (TPSA) is 96.6 Å². The van der Waals surface area contributed by atoms with E-state index in [0.29, 0.717) is 12.5 Å². The van der Waals surface area contributed by atoms with Gasteiger partial charge in [0.25, 0.3) is 0 Å². The molecule has 4 N–H and O–H groups in total. The van der Waals surface area contributed by atoms with Crippen LogP contribution in [0.4, 0.5) is 0 Å². The standard InChI is InChI=1S/C13H30N4O2S/c1-5-20(18,19)16-10-9-15-13(14)17-12(4)8-6-7-11(2)3/h11-12,16H,5-10H2,1-4H3,(H3,14,15,17). The Labute approximate surface area is 123 Å². The molecule has 0 aliphatic rings. The molecular formula is C13H30N4O2S. The van der Waals surface area contributed by atoms with Gasteiger partial charge < -0.3 is 11.1 Å². The number of nitrogens with zero attached hydrogens (tertiary/aromatic N) is 1. The van der Waals surface area contributed by atoms with E-state index in [2.05, 4.69) is 35.8 Å². The van der Waals surface area contributed by atoms with Crippen LogP contribution in [0.5, 0.6) is 0 Å². The first kappa shape index (κ1) is 19.2. The maximum atomic E-state index is 11.2. The molecule has 7 heteroatoms. The summed E-state index contributed by atoms with van der Waals surface area (Å²) in [5, 5.41) is 3.12. The van der Waals surface area contributed by atoms with Gasteiger partial charge in [-0.25, -0.2) is 13.1 Å². The molecule has 0 heterocycles. The lowest BCUT2D eigenvalue weighted by atomic mass is 10.0. The maximum absolute atomic E-state index is 11.2. The molecule has 0 spiro atoms. The minimum absolute atomic E-state index is 0.0807. The van der Waals surface area contributed by atoms with Crippen molar-refractivity contribution in [3.05, 3.63) is 0 Å². The summed E-state index contributed by atoms with van der Waals surface area (Å²) in [7, 11) is -3.14. The van der Waals surface area contributed by atoms with Crippen LogP contribution in [0.25, 0.3) is 0 Å². The Kier molecular flexibility index (Phi) is 9.58. The molecule has 6 nitrogen and oxygen atoms in total. The molecule has 0 amide bonds. The summed E-state index contributed by atoms with van der Waals surface area (Å²) in [5.41, 5.74) is 5.75. The van der Waals surface area contributed by atoms with Crippen LogP contribution in [0.15, 0.2) is 4.99 Å². The first-order chi connectivity index (χ1) is 9.26. The van der Waals surface area contributed by atoms with Gasteiger partial charge >= 0.3 is 0 Å². The number of nitrogens with one attached hydrogen (secondary N) is 2. The van der Waals surface area contributed by atoms with Crippen molar-refractivity contribution in [2.45, 2.75) is 53.0 Å². The van der Waals surface area contributed by atoms with Gasteiger partial charge in [0.1, 0.15) is 0 Å². The number of hydrogen-bond donors (Lipinski definition) is 3. The third-order valence-corrected chi connectivity index (χ3v) is 4.31. The average Bonchev–Trinajstić information content (AvgIpc) is 2.34. The molecule has 0 aliphatic heterocycles. The van der Waals surface area contributed by atoms with Crippen molar-refractivity contribution in [2.75, 3.05) is 18.8 Å². The smallest absolute Gasteiger partial charge is 0.211 e. The van der Waals surface area contributed by atoms with Crippen LogP contribution in [0, 0.1) is 5.92 Å². The Bertz CT molecular complexity index is 380. The number of rotatable bonds is 10. The number of guanidine groups is 1. The molecule has 0 radical (unpaired) electrons. The lowest BCUT2D eigenvalue weighted by Gasteiger charge is -2.15. The van der Waals surface area contributed by atoms with Gasteiger partial charge in [0.05, 0.1) is 12.3 Å². The minimum atomic E-state index is -3.14. The van der Waals surface area contributed by atoms with Crippen molar-refractivity contribution >= 4 is 16.0 Å². The van der Waals surface area contributed by atoms with Gasteiger partial charge in [-0.15, -0.1) is 0 Å². The first-order valence-electron chi connectivity index (χ1n) is 7.30. The van der Waals surface area contributed by atoms with Crippen molar-refractivity contribution in [1.82, 2.24) is 10.0 Å². The van der Waals surface area contributed by atoms with Crippen molar-refractivity contribution in [2.24, 2.45) is 16.6 Å². The largest absolute Gasteiger partial charge is 0.370 e. The predicted octanol–water partition coefficient (Wildman–Crippen LogP) is 1.04. The number of aliphatic imine (C=N–C) groups is 1. The monoisotopic (exact) mass is 306 g/mol. The molecule has 0 fully saturated rings. The van der Waals surface area contributed by atoms with Crippen LogP contribution in [0.3, 0.4) is 0 Å². The lowest BCUT2D eigenvalue weighted by Crippen LogP contribution is -2.39. The third kappa shape index (κ3) is 11.0. The minimum Gasteiger partial charge on any atom is -0.370 e. The van der Waals surface area contributed by atoms with E-state index in [4.69, 9.17) is 5.73 Å². The molecule has 0 bridgehead atoms. The second-order valence-corrected chi connectivity index (χ2v) is 7.53. The molecule has 0 aromatic heterocycles. The van der Waals surface area contributed by atoms with Crippen molar-refractivity contribution in [3.8, 4) is 0 Å². The van der Waals surface area contributed by atoms with E-state index in [9.17, 15) is 8.42 Å². The summed E-state index contributed by atoms with van der Waals surface area (Å²) in [6, 6.07) is 0.282. The van der Waals surface area contributed by atoms with E-state index in [1.807, 2.05) is 0 Å². The van der Waals surface area contributed by atoms with Crippen LogP contribution < -0.4 is 15.8 Å². The molecule has 0 aromatic rings. The zero-order valence-electron chi connectivity index (χ0n) is 13.1. The Morgan fingerprint density at radius 1 is 1.25 bits per heavy atom. The quantitative estimate of drug-likeness (QED) is 0.319. The lowest BCUT2D eigenvalue weighted by molar-refractivity contribution is 0.493. The summed E-state index contributed by atoms with van der Waals surface area (Å²) < 4.78 is 24.8. The summed E-state index contributed by atoms with van der Waals surface area (Å²) in [6.07, 6.45) is 3.42.